The normalized spacial score (nSPS) is 12.1. The van der Waals surface area contributed by atoms with Crippen molar-refractivity contribution in [3.05, 3.63) is 18.1 Å². The molecule has 1 atom stereocenters. The van der Waals surface area contributed by atoms with Crippen molar-refractivity contribution in [3.8, 4) is 5.88 Å². The van der Waals surface area contributed by atoms with Gasteiger partial charge in [0, 0.05) is 6.42 Å². The van der Waals surface area contributed by atoms with Gasteiger partial charge in [-0.05, 0) is 14.0 Å². The van der Waals surface area contributed by atoms with Crippen LogP contribution < -0.4 is 10.1 Å². The number of hydrogen-bond donors (Lipinski definition) is 2. The molecule has 0 aliphatic rings. The van der Waals surface area contributed by atoms with Crippen molar-refractivity contribution in [3.63, 3.8) is 0 Å². The molecule has 0 bridgehead atoms. The van der Waals surface area contributed by atoms with Gasteiger partial charge in [-0.15, -0.1) is 0 Å². The Kier molecular flexibility index (Phi) is 4.65. The van der Waals surface area contributed by atoms with Crippen LogP contribution in [0.3, 0.4) is 0 Å². The van der Waals surface area contributed by atoms with Crippen LogP contribution in [0.25, 0.3) is 0 Å². The topological polar surface area (TPSA) is 84.3 Å². The Labute approximate surface area is 93.7 Å². The minimum Gasteiger partial charge on any atom is -0.480 e. The lowest BCUT2D eigenvalue weighted by Crippen LogP contribution is -2.35. The zero-order valence-corrected chi connectivity index (χ0v) is 9.30. The Morgan fingerprint density at radius 1 is 1.56 bits per heavy atom. The second-order valence-corrected chi connectivity index (χ2v) is 3.31. The summed E-state index contributed by atoms with van der Waals surface area (Å²) in [6.45, 7) is 2.12. The van der Waals surface area contributed by atoms with Gasteiger partial charge in [0.05, 0.1) is 24.7 Å². The van der Waals surface area contributed by atoms with Crippen molar-refractivity contribution in [2.24, 2.45) is 0 Å². The van der Waals surface area contributed by atoms with Crippen LogP contribution in [0.2, 0.25) is 0 Å². The van der Waals surface area contributed by atoms with Gasteiger partial charge in [0.1, 0.15) is 6.04 Å². The fourth-order valence-corrected chi connectivity index (χ4v) is 1.13. The van der Waals surface area contributed by atoms with E-state index in [-0.39, 0.29) is 6.61 Å². The van der Waals surface area contributed by atoms with Crippen LogP contribution in [0.4, 0.5) is 0 Å². The molecule has 6 nitrogen and oxygen atoms in total. The van der Waals surface area contributed by atoms with Crippen LogP contribution in [0.1, 0.15) is 12.1 Å². The summed E-state index contributed by atoms with van der Waals surface area (Å²) in [5.74, 6) is -0.480. The summed E-state index contributed by atoms with van der Waals surface area (Å²) in [7, 11) is 1.60. The summed E-state index contributed by atoms with van der Waals surface area (Å²) in [6, 6.07) is -0.599. The van der Waals surface area contributed by atoms with Crippen LogP contribution in [0.15, 0.2) is 12.4 Å². The molecule has 0 aromatic carbocycles. The van der Waals surface area contributed by atoms with Crippen LogP contribution in [-0.4, -0.2) is 40.7 Å². The Morgan fingerprint density at radius 3 is 2.81 bits per heavy atom. The number of hydrogen-bond acceptors (Lipinski definition) is 5. The summed E-state index contributed by atoms with van der Waals surface area (Å²) >= 11 is 0. The van der Waals surface area contributed by atoms with Crippen molar-refractivity contribution in [1.29, 1.82) is 0 Å². The molecule has 1 rings (SSSR count). The van der Waals surface area contributed by atoms with Gasteiger partial charge in [-0.2, -0.15) is 0 Å². The number of nitrogens with one attached hydrogen (secondary N) is 1. The molecule has 0 unspecified atom stereocenters. The van der Waals surface area contributed by atoms with E-state index in [1.807, 2.05) is 6.92 Å². The highest BCUT2D eigenvalue weighted by atomic mass is 16.5. The zero-order chi connectivity index (χ0) is 12.0. The largest absolute Gasteiger partial charge is 0.480 e. The third kappa shape index (κ3) is 3.82. The third-order valence-corrected chi connectivity index (χ3v) is 2.06. The number of rotatable bonds is 6. The molecule has 0 fully saturated rings. The maximum atomic E-state index is 10.7. The quantitative estimate of drug-likeness (QED) is 0.720. The Morgan fingerprint density at radius 2 is 2.31 bits per heavy atom. The molecular formula is C10H15N3O3. The second kappa shape index (κ2) is 6.02. The number of carboxylic acid groups (broad SMARTS) is 1. The predicted molar refractivity (Wildman–Crippen MR) is 57.4 cm³/mol. The minimum absolute atomic E-state index is 0.287. The first-order chi connectivity index (χ1) is 7.63. The highest BCUT2D eigenvalue weighted by Gasteiger charge is 2.14. The van der Waals surface area contributed by atoms with Crippen molar-refractivity contribution in [2.75, 3.05) is 13.7 Å². The zero-order valence-electron chi connectivity index (χ0n) is 9.30. The molecular weight excluding hydrogens is 210 g/mol. The van der Waals surface area contributed by atoms with Gasteiger partial charge >= 0.3 is 5.97 Å². The molecule has 1 aromatic rings. The number of aliphatic carboxylic acids is 1. The summed E-state index contributed by atoms with van der Waals surface area (Å²) in [5.41, 5.74) is 0.811. The van der Waals surface area contributed by atoms with E-state index in [0.717, 1.165) is 5.69 Å². The molecule has 6 heteroatoms. The van der Waals surface area contributed by atoms with Crippen molar-refractivity contribution >= 4 is 5.97 Å². The molecule has 2 N–H and O–H groups in total. The summed E-state index contributed by atoms with van der Waals surface area (Å²) in [6.07, 6.45) is 3.49. The average molecular weight is 225 g/mol. The number of nitrogens with zero attached hydrogens (tertiary/aromatic N) is 2. The van der Waals surface area contributed by atoms with Gasteiger partial charge in [0.2, 0.25) is 5.88 Å². The van der Waals surface area contributed by atoms with Gasteiger partial charge < -0.3 is 15.2 Å². The van der Waals surface area contributed by atoms with Gasteiger partial charge in [-0.1, -0.05) is 0 Å². The smallest absolute Gasteiger partial charge is 0.320 e. The number of carbonyl (C=O) groups is 1. The van der Waals surface area contributed by atoms with E-state index >= 15 is 0 Å². The number of likely N-dealkylation sites (N-methyl/N-ethyl adjacent to an activating group) is 1. The number of ether oxygens (including phenoxy) is 1. The van der Waals surface area contributed by atoms with Gasteiger partial charge in [-0.25, -0.2) is 4.98 Å². The van der Waals surface area contributed by atoms with Gasteiger partial charge in [0.25, 0.3) is 0 Å². The molecule has 1 heterocycles. The Hall–Kier alpha value is -1.69. The van der Waals surface area contributed by atoms with E-state index in [0.29, 0.717) is 12.3 Å². The fraction of sp³-hybridized carbons (Fsp3) is 0.500. The van der Waals surface area contributed by atoms with E-state index < -0.39 is 12.0 Å². The molecule has 1 aromatic heterocycles. The molecule has 88 valence electrons. The lowest BCUT2D eigenvalue weighted by atomic mass is 10.2. The highest BCUT2D eigenvalue weighted by Crippen LogP contribution is 2.04. The molecule has 0 radical (unpaired) electrons. The molecule has 0 saturated carbocycles. The lowest BCUT2D eigenvalue weighted by molar-refractivity contribution is -0.139. The SMILES string of the molecule is CN[C@@H](CCOc1cnc(C)cn1)C(=O)O. The molecule has 0 aliphatic heterocycles. The molecule has 0 saturated heterocycles. The maximum absolute atomic E-state index is 10.7. The third-order valence-electron chi connectivity index (χ3n) is 2.06. The Balaban J connectivity index is 2.35. The standard InChI is InChI=1S/C10H15N3O3/c1-7-5-13-9(6-12-7)16-4-3-8(11-2)10(14)15/h5-6,8,11H,3-4H2,1-2H3,(H,14,15)/t8-/m0/s1. The average Bonchev–Trinajstić information content (AvgIpc) is 2.26. The first-order valence-electron chi connectivity index (χ1n) is 4.95. The minimum atomic E-state index is -0.888. The predicted octanol–water partition coefficient (Wildman–Crippen LogP) is 0.227. The molecule has 0 spiro atoms. The van der Waals surface area contributed by atoms with E-state index in [1.54, 1.807) is 13.2 Å². The first-order valence-corrected chi connectivity index (χ1v) is 4.95. The number of carboxylic acids is 1. The van der Waals surface area contributed by atoms with Crippen LogP contribution >= 0.6 is 0 Å². The number of aromatic nitrogens is 2. The van der Waals surface area contributed by atoms with E-state index in [2.05, 4.69) is 15.3 Å². The van der Waals surface area contributed by atoms with E-state index in [9.17, 15) is 4.79 Å². The van der Waals surface area contributed by atoms with Gasteiger partial charge in [0.15, 0.2) is 0 Å². The van der Waals surface area contributed by atoms with Crippen molar-refractivity contribution in [1.82, 2.24) is 15.3 Å². The monoisotopic (exact) mass is 225 g/mol. The maximum Gasteiger partial charge on any atom is 0.320 e. The van der Waals surface area contributed by atoms with Crippen LogP contribution in [-0.2, 0) is 4.79 Å². The molecule has 16 heavy (non-hydrogen) atoms. The van der Waals surface area contributed by atoms with Gasteiger partial charge in [-0.3, -0.25) is 9.78 Å². The summed E-state index contributed by atoms with van der Waals surface area (Å²) in [4.78, 5) is 18.7. The summed E-state index contributed by atoms with van der Waals surface area (Å²) < 4.78 is 5.27. The summed E-state index contributed by atoms with van der Waals surface area (Å²) in [5, 5.41) is 11.4. The molecule has 0 aliphatic carbocycles. The van der Waals surface area contributed by atoms with Crippen LogP contribution in [0.5, 0.6) is 5.88 Å². The lowest BCUT2D eigenvalue weighted by Gasteiger charge is -2.11. The van der Waals surface area contributed by atoms with E-state index in [4.69, 9.17) is 9.84 Å². The number of aryl methyl sites for hydroxylation is 1. The Bertz CT molecular complexity index is 340. The molecule has 0 amide bonds. The van der Waals surface area contributed by atoms with Crippen molar-refractivity contribution in [2.45, 2.75) is 19.4 Å². The first kappa shape index (κ1) is 12.4. The van der Waals surface area contributed by atoms with Crippen molar-refractivity contribution < 1.29 is 14.6 Å². The highest BCUT2D eigenvalue weighted by molar-refractivity contribution is 5.73. The van der Waals surface area contributed by atoms with E-state index in [1.165, 1.54) is 6.20 Å². The second-order valence-electron chi connectivity index (χ2n) is 3.31. The van der Waals surface area contributed by atoms with Crippen LogP contribution in [0, 0.1) is 6.92 Å². The fourth-order valence-electron chi connectivity index (χ4n) is 1.13.